The molecule has 3 atom stereocenters. The maximum atomic E-state index is 14.0. The van der Waals surface area contributed by atoms with Crippen LogP contribution in [-0.2, 0) is 16.0 Å². The second kappa shape index (κ2) is 12.7. The monoisotopic (exact) mass is 545 g/mol. The third-order valence-electron chi connectivity index (χ3n) is 7.99. The number of imidazole rings is 1. The Morgan fingerprint density at radius 3 is 2.52 bits per heavy atom. The number of likely N-dealkylation sites (tertiary alicyclic amines) is 1. The molecule has 0 radical (unpaired) electrons. The predicted octanol–water partition coefficient (Wildman–Crippen LogP) is 4.59. The second-order valence-electron chi connectivity index (χ2n) is 12.0. The van der Waals surface area contributed by atoms with Crippen LogP contribution >= 0.6 is 0 Å². The van der Waals surface area contributed by atoms with E-state index in [0.29, 0.717) is 38.2 Å². The minimum atomic E-state index is -0.637. The van der Waals surface area contributed by atoms with Crippen LogP contribution in [0.5, 0.6) is 0 Å². The van der Waals surface area contributed by atoms with Gasteiger partial charge in [-0.3, -0.25) is 18.8 Å². The highest BCUT2D eigenvalue weighted by Crippen LogP contribution is 2.27. The van der Waals surface area contributed by atoms with Crippen LogP contribution in [0.2, 0.25) is 0 Å². The van der Waals surface area contributed by atoms with E-state index in [1.165, 1.54) is 0 Å². The van der Waals surface area contributed by atoms with Gasteiger partial charge in [0.05, 0.1) is 6.20 Å². The van der Waals surface area contributed by atoms with Gasteiger partial charge in [-0.2, -0.15) is 0 Å². The summed E-state index contributed by atoms with van der Waals surface area (Å²) in [6, 6.07) is 15.0. The van der Waals surface area contributed by atoms with Crippen LogP contribution in [0.25, 0.3) is 5.65 Å². The Labute approximate surface area is 237 Å². The van der Waals surface area contributed by atoms with Gasteiger partial charge in [-0.25, -0.2) is 4.98 Å². The number of pyridine rings is 1. The Balaban J connectivity index is 1.57. The summed E-state index contributed by atoms with van der Waals surface area (Å²) < 4.78 is 1.81. The molecule has 0 bridgehead atoms. The lowest BCUT2D eigenvalue weighted by molar-refractivity contribution is -0.141. The van der Waals surface area contributed by atoms with E-state index in [0.717, 1.165) is 24.1 Å². The molecular weight excluding hydrogens is 502 g/mol. The molecular formula is C32H43N5O3. The molecule has 1 aliphatic rings. The molecule has 1 aromatic carbocycles. The molecule has 4 rings (SSSR count). The average molecular weight is 546 g/mol. The number of nitrogens with zero attached hydrogens (tertiary/aromatic N) is 4. The average Bonchev–Trinajstić information content (AvgIpc) is 3.59. The van der Waals surface area contributed by atoms with Crippen molar-refractivity contribution in [2.24, 2.45) is 11.3 Å². The third kappa shape index (κ3) is 6.72. The summed E-state index contributed by atoms with van der Waals surface area (Å²) in [6.07, 6.45) is 6.58. The van der Waals surface area contributed by atoms with Gasteiger partial charge >= 0.3 is 0 Å². The number of aromatic nitrogens is 2. The molecule has 3 aromatic rings. The van der Waals surface area contributed by atoms with Crippen LogP contribution in [0, 0.1) is 11.3 Å². The molecule has 0 spiro atoms. The van der Waals surface area contributed by atoms with Crippen molar-refractivity contribution in [2.75, 3.05) is 19.6 Å². The van der Waals surface area contributed by atoms with Gasteiger partial charge in [-0.1, -0.05) is 71.0 Å². The van der Waals surface area contributed by atoms with Crippen LogP contribution in [0.1, 0.15) is 69.9 Å². The number of fused-ring (bicyclic) bond motifs is 1. The van der Waals surface area contributed by atoms with Crippen molar-refractivity contribution in [1.29, 1.82) is 0 Å². The number of hydrogen-bond donors (Lipinski definition) is 1. The summed E-state index contributed by atoms with van der Waals surface area (Å²) in [5.74, 6) is -0.439. The number of rotatable bonds is 10. The summed E-state index contributed by atoms with van der Waals surface area (Å²) >= 11 is 0. The fourth-order valence-electron chi connectivity index (χ4n) is 5.29. The molecule has 0 saturated carbocycles. The lowest BCUT2D eigenvalue weighted by Gasteiger charge is -2.37. The van der Waals surface area contributed by atoms with Crippen molar-refractivity contribution in [3.8, 4) is 0 Å². The molecule has 8 heteroatoms. The number of hydrogen-bond acceptors (Lipinski definition) is 4. The first-order chi connectivity index (χ1) is 19.1. The number of amides is 3. The predicted molar refractivity (Wildman–Crippen MR) is 157 cm³/mol. The Hall–Kier alpha value is -3.68. The number of benzene rings is 1. The first kappa shape index (κ1) is 29.3. The first-order valence-electron chi connectivity index (χ1n) is 14.5. The van der Waals surface area contributed by atoms with Gasteiger partial charge in [0.1, 0.15) is 17.4 Å². The SMILES string of the molecule is CC[C@@H](C)C(=O)N[C@H](C(=O)N1CCC[C@H]1CN(CCc1ccccc1)C(=O)c1cnc2ccccn12)C(C)(C)C. The first-order valence-corrected chi connectivity index (χ1v) is 14.5. The van der Waals surface area contributed by atoms with Gasteiger partial charge < -0.3 is 15.1 Å². The van der Waals surface area contributed by atoms with E-state index in [4.69, 9.17) is 0 Å². The molecule has 1 saturated heterocycles. The Bertz CT molecular complexity index is 1310. The highest BCUT2D eigenvalue weighted by atomic mass is 16.2. The van der Waals surface area contributed by atoms with Crippen molar-refractivity contribution in [1.82, 2.24) is 24.5 Å². The molecule has 3 heterocycles. The zero-order valence-electron chi connectivity index (χ0n) is 24.5. The van der Waals surface area contributed by atoms with E-state index < -0.39 is 11.5 Å². The lowest BCUT2D eigenvalue weighted by atomic mass is 9.85. The van der Waals surface area contributed by atoms with E-state index in [2.05, 4.69) is 22.4 Å². The molecule has 40 heavy (non-hydrogen) atoms. The number of nitrogens with one attached hydrogen (secondary N) is 1. The molecule has 0 aliphatic carbocycles. The van der Waals surface area contributed by atoms with Crippen LogP contribution < -0.4 is 5.32 Å². The van der Waals surface area contributed by atoms with Gasteiger partial charge in [-0.15, -0.1) is 0 Å². The van der Waals surface area contributed by atoms with Gasteiger partial charge in [0.2, 0.25) is 11.8 Å². The van der Waals surface area contributed by atoms with Crippen LogP contribution in [-0.4, -0.2) is 68.6 Å². The summed E-state index contributed by atoms with van der Waals surface area (Å²) in [6.45, 7) is 11.4. The lowest BCUT2D eigenvalue weighted by Crippen LogP contribution is -2.57. The molecule has 1 N–H and O–H groups in total. The number of carbonyl (C=O) groups is 3. The van der Waals surface area contributed by atoms with Gasteiger partial charge in [0.25, 0.3) is 5.91 Å². The minimum Gasteiger partial charge on any atom is -0.344 e. The van der Waals surface area contributed by atoms with Crippen LogP contribution in [0.15, 0.2) is 60.9 Å². The Morgan fingerprint density at radius 1 is 1.10 bits per heavy atom. The third-order valence-corrected chi connectivity index (χ3v) is 7.99. The Kier molecular flexibility index (Phi) is 9.28. The topological polar surface area (TPSA) is 87.0 Å². The summed E-state index contributed by atoms with van der Waals surface area (Å²) in [5.41, 5.74) is 1.93. The van der Waals surface area contributed by atoms with Gasteiger partial charge in [0.15, 0.2) is 0 Å². The molecule has 1 fully saturated rings. The highest BCUT2D eigenvalue weighted by molar-refractivity contribution is 5.93. The standard InChI is InChI=1S/C32H43N5O3/c1-6-23(2)29(38)34-28(32(3,4)5)31(40)36-19-12-15-25(36)22-35(20-17-24-13-8-7-9-14-24)30(39)26-21-33-27-16-10-11-18-37(26)27/h7-11,13-14,16,18,21,23,25,28H,6,12,15,17,19-20,22H2,1-5H3,(H,34,38)/t23-,25+,28-/m1/s1. The molecule has 2 aromatic heterocycles. The zero-order valence-corrected chi connectivity index (χ0v) is 24.5. The fraction of sp³-hybridized carbons (Fsp3) is 0.500. The Morgan fingerprint density at radius 2 is 1.82 bits per heavy atom. The maximum Gasteiger partial charge on any atom is 0.272 e. The van der Waals surface area contributed by atoms with E-state index in [1.54, 1.807) is 6.20 Å². The molecule has 3 amide bonds. The maximum absolute atomic E-state index is 14.0. The normalized spacial score (nSPS) is 17.0. The quantitative estimate of drug-likeness (QED) is 0.404. The van der Waals surface area contributed by atoms with E-state index in [9.17, 15) is 14.4 Å². The van der Waals surface area contributed by atoms with E-state index >= 15 is 0 Å². The smallest absolute Gasteiger partial charge is 0.272 e. The van der Waals surface area contributed by atoms with Crippen molar-refractivity contribution in [2.45, 2.75) is 72.4 Å². The molecule has 1 aliphatic heterocycles. The summed E-state index contributed by atoms with van der Waals surface area (Å²) in [5, 5.41) is 3.05. The number of carbonyl (C=O) groups excluding carboxylic acids is 3. The fourth-order valence-corrected chi connectivity index (χ4v) is 5.29. The molecule has 214 valence electrons. The van der Waals surface area contributed by atoms with Crippen molar-refractivity contribution < 1.29 is 14.4 Å². The van der Waals surface area contributed by atoms with Crippen molar-refractivity contribution in [3.05, 3.63) is 72.2 Å². The zero-order chi connectivity index (χ0) is 28.9. The van der Waals surface area contributed by atoms with Crippen LogP contribution in [0.4, 0.5) is 0 Å². The summed E-state index contributed by atoms with van der Waals surface area (Å²) in [4.78, 5) is 48.9. The second-order valence-corrected chi connectivity index (χ2v) is 12.0. The van der Waals surface area contributed by atoms with Gasteiger partial charge in [0, 0.05) is 37.8 Å². The van der Waals surface area contributed by atoms with Crippen LogP contribution in [0.3, 0.4) is 0 Å². The molecule has 0 unspecified atom stereocenters. The summed E-state index contributed by atoms with van der Waals surface area (Å²) in [7, 11) is 0. The largest absolute Gasteiger partial charge is 0.344 e. The molecule has 8 nitrogen and oxygen atoms in total. The van der Waals surface area contributed by atoms with Gasteiger partial charge in [-0.05, 0) is 48.8 Å². The van der Waals surface area contributed by atoms with E-state index in [-0.39, 0.29) is 29.7 Å². The minimum absolute atomic E-state index is 0.0723. The van der Waals surface area contributed by atoms with Crippen molar-refractivity contribution >= 4 is 23.4 Å². The van der Waals surface area contributed by atoms with Crippen molar-refractivity contribution in [3.63, 3.8) is 0 Å². The van der Waals surface area contributed by atoms with E-state index in [1.807, 2.05) is 91.4 Å². The highest BCUT2D eigenvalue weighted by Gasteiger charge is 2.41.